The average molecular weight is 241 g/mol. The Hall–Kier alpha value is -2.25. The predicted octanol–water partition coefficient (Wildman–Crippen LogP) is -1.19. The largest absolute Gasteiger partial charge is 0.480 e. The normalized spacial score (nSPS) is 18.4. The fraction of sp³-hybridized carbons (Fsp3) is 0.444. The third kappa shape index (κ3) is 2.47. The summed E-state index contributed by atoms with van der Waals surface area (Å²) < 4.78 is 0. The molecule has 1 rings (SSSR count). The SMILES string of the molecule is CN1C(=O)C(C=NCC(=O)O)C(=O)N(C)C1=O. The number of aliphatic imine (C=N–C) groups is 1. The van der Waals surface area contributed by atoms with Crippen LogP contribution in [0.4, 0.5) is 4.79 Å². The van der Waals surface area contributed by atoms with E-state index in [4.69, 9.17) is 5.11 Å². The molecule has 1 aliphatic rings. The molecule has 0 radical (unpaired) electrons. The van der Waals surface area contributed by atoms with Crippen molar-refractivity contribution in [1.29, 1.82) is 0 Å². The van der Waals surface area contributed by atoms with Gasteiger partial charge in [0.1, 0.15) is 6.54 Å². The number of hydrogen-bond donors (Lipinski definition) is 1. The number of imide groups is 2. The Balaban J connectivity index is 2.87. The molecule has 0 unspecified atom stereocenters. The Kier molecular flexibility index (Phi) is 3.56. The van der Waals surface area contributed by atoms with Crippen LogP contribution in [0.15, 0.2) is 4.99 Å². The number of nitrogens with zero attached hydrogens (tertiary/aromatic N) is 3. The van der Waals surface area contributed by atoms with Crippen molar-refractivity contribution in [1.82, 2.24) is 9.80 Å². The van der Waals surface area contributed by atoms with Gasteiger partial charge < -0.3 is 5.11 Å². The van der Waals surface area contributed by atoms with Gasteiger partial charge in [-0.25, -0.2) is 4.79 Å². The number of barbiturate groups is 1. The van der Waals surface area contributed by atoms with Crippen LogP contribution < -0.4 is 0 Å². The van der Waals surface area contributed by atoms with E-state index in [1.54, 1.807) is 0 Å². The van der Waals surface area contributed by atoms with E-state index in [9.17, 15) is 19.2 Å². The third-order valence-corrected chi connectivity index (χ3v) is 2.25. The summed E-state index contributed by atoms with van der Waals surface area (Å²) in [7, 11) is 2.48. The lowest BCUT2D eigenvalue weighted by Crippen LogP contribution is -2.57. The first-order valence-electron chi connectivity index (χ1n) is 4.67. The van der Waals surface area contributed by atoms with Crippen molar-refractivity contribution < 1.29 is 24.3 Å². The van der Waals surface area contributed by atoms with Crippen LogP contribution in [0, 0.1) is 5.92 Å². The van der Waals surface area contributed by atoms with Crippen molar-refractivity contribution in [3.8, 4) is 0 Å². The van der Waals surface area contributed by atoms with Crippen LogP contribution in [-0.2, 0) is 14.4 Å². The lowest BCUT2D eigenvalue weighted by molar-refractivity contribution is -0.144. The molecule has 4 amide bonds. The zero-order valence-electron chi connectivity index (χ0n) is 9.28. The van der Waals surface area contributed by atoms with Gasteiger partial charge in [-0.3, -0.25) is 29.2 Å². The lowest BCUT2D eigenvalue weighted by atomic mass is 10.1. The summed E-state index contributed by atoms with van der Waals surface area (Å²) in [5.74, 6) is -3.84. The van der Waals surface area contributed by atoms with Gasteiger partial charge in [-0.15, -0.1) is 0 Å². The van der Waals surface area contributed by atoms with E-state index < -0.39 is 36.3 Å². The van der Waals surface area contributed by atoms with Gasteiger partial charge in [0.2, 0.25) is 11.8 Å². The Morgan fingerprint density at radius 2 is 1.76 bits per heavy atom. The maximum atomic E-state index is 11.6. The van der Waals surface area contributed by atoms with Crippen LogP contribution in [-0.4, -0.2) is 65.6 Å². The van der Waals surface area contributed by atoms with E-state index >= 15 is 0 Å². The van der Waals surface area contributed by atoms with E-state index in [2.05, 4.69) is 4.99 Å². The van der Waals surface area contributed by atoms with Crippen molar-refractivity contribution in [2.24, 2.45) is 10.9 Å². The molecule has 1 aliphatic heterocycles. The lowest BCUT2D eigenvalue weighted by Gasteiger charge is -2.31. The summed E-state index contributed by atoms with van der Waals surface area (Å²) in [5, 5.41) is 8.36. The molecule has 1 saturated heterocycles. The van der Waals surface area contributed by atoms with Gasteiger partial charge in [0.05, 0.1) is 0 Å². The molecule has 17 heavy (non-hydrogen) atoms. The number of urea groups is 1. The number of amides is 4. The first kappa shape index (κ1) is 12.8. The number of carboxylic acid groups (broad SMARTS) is 1. The Morgan fingerprint density at radius 1 is 1.29 bits per heavy atom. The highest BCUT2D eigenvalue weighted by Gasteiger charge is 2.41. The second-order valence-corrected chi connectivity index (χ2v) is 3.44. The minimum atomic E-state index is -1.23. The summed E-state index contributed by atoms with van der Waals surface area (Å²) in [6, 6.07) is -0.720. The maximum absolute atomic E-state index is 11.6. The first-order chi connectivity index (χ1) is 7.86. The zero-order chi connectivity index (χ0) is 13.2. The van der Waals surface area contributed by atoms with Gasteiger partial charge in [0, 0.05) is 20.3 Å². The van der Waals surface area contributed by atoms with Crippen molar-refractivity contribution in [3.63, 3.8) is 0 Å². The molecule has 0 aromatic carbocycles. The second kappa shape index (κ2) is 4.73. The Bertz CT molecular complexity index is 393. The summed E-state index contributed by atoms with van der Waals surface area (Å²) in [5.41, 5.74) is 0. The number of carboxylic acids is 1. The van der Waals surface area contributed by atoms with Gasteiger partial charge in [0.15, 0.2) is 5.92 Å². The second-order valence-electron chi connectivity index (χ2n) is 3.44. The highest BCUT2D eigenvalue weighted by Crippen LogP contribution is 2.13. The minimum Gasteiger partial charge on any atom is -0.480 e. The highest BCUT2D eigenvalue weighted by atomic mass is 16.4. The molecule has 8 heteroatoms. The molecular weight excluding hydrogens is 230 g/mol. The molecule has 1 N–H and O–H groups in total. The topological polar surface area (TPSA) is 107 Å². The van der Waals surface area contributed by atoms with Crippen LogP contribution in [0.2, 0.25) is 0 Å². The third-order valence-electron chi connectivity index (χ3n) is 2.25. The van der Waals surface area contributed by atoms with Gasteiger partial charge in [0.25, 0.3) is 0 Å². The molecule has 0 bridgehead atoms. The molecule has 0 saturated carbocycles. The summed E-state index contributed by atoms with van der Waals surface area (Å²) >= 11 is 0. The Labute approximate surface area is 96.5 Å². The van der Waals surface area contributed by atoms with E-state index in [1.165, 1.54) is 14.1 Å². The summed E-state index contributed by atoms with van der Waals surface area (Å²) in [6.07, 6.45) is 0.957. The first-order valence-corrected chi connectivity index (χ1v) is 4.67. The zero-order valence-corrected chi connectivity index (χ0v) is 9.28. The van der Waals surface area contributed by atoms with Crippen LogP contribution in [0.25, 0.3) is 0 Å². The molecule has 0 aromatic rings. The fourth-order valence-electron chi connectivity index (χ4n) is 1.30. The molecule has 0 atom stereocenters. The molecule has 0 aliphatic carbocycles. The van der Waals surface area contributed by atoms with Gasteiger partial charge >= 0.3 is 12.0 Å². The van der Waals surface area contributed by atoms with Crippen molar-refractivity contribution >= 4 is 30.0 Å². The predicted molar refractivity (Wildman–Crippen MR) is 55.4 cm³/mol. The van der Waals surface area contributed by atoms with E-state index in [-0.39, 0.29) is 0 Å². The van der Waals surface area contributed by atoms with Crippen LogP contribution >= 0.6 is 0 Å². The average Bonchev–Trinajstić information content (AvgIpc) is 2.28. The van der Waals surface area contributed by atoms with Crippen molar-refractivity contribution in [3.05, 3.63) is 0 Å². The molecule has 8 nitrogen and oxygen atoms in total. The highest BCUT2D eigenvalue weighted by molar-refractivity contribution is 6.23. The monoisotopic (exact) mass is 241 g/mol. The Morgan fingerprint density at radius 3 is 2.18 bits per heavy atom. The van der Waals surface area contributed by atoms with E-state index in [0.29, 0.717) is 0 Å². The fourth-order valence-corrected chi connectivity index (χ4v) is 1.30. The van der Waals surface area contributed by atoms with E-state index in [1.807, 2.05) is 0 Å². The standard InChI is InChI=1S/C9H11N3O5/c1-11-7(15)5(3-10-4-6(13)14)8(16)12(2)9(11)17/h3,5H,4H2,1-2H3,(H,13,14). The van der Waals surface area contributed by atoms with Crippen molar-refractivity contribution in [2.75, 3.05) is 20.6 Å². The number of carbonyl (C=O) groups excluding carboxylic acids is 3. The van der Waals surface area contributed by atoms with Crippen molar-refractivity contribution in [2.45, 2.75) is 0 Å². The smallest absolute Gasteiger partial charge is 0.332 e. The molecule has 1 fully saturated rings. The number of hydrogen-bond acceptors (Lipinski definition) is 5. The summed E-state index contributed by atoms with van der Waals surface area (Å²) in [4.78, 5) is 49.8. The van der Waals surface area contributed by atoms with Gasteiger partial charge in [-0.2, -0.15) is 0 Å². The molecule has 1 heterocycles. The quantitative estimate of drug-likeness (QED) is 0.493. The minimum absolute atomic E-state index is 0.529. The molecule has 92 valence electrons. The van der Waals surface area contributed by atoms with E-state index in [0.717, 1.165) is 16.0 Å². The molecule has 0 spiro atoms. The number of aliphatic carboxylic acids is 1. The van der Waals surface area contributed by atoms with Crippen LogP contribution in [0.3, 0.4) is 0 Å². The van der Waals surface area contributed by atoms with Crippen LogP contribution in [0.1, 0.15) is 0 Å². The summed E-state index contributed by atoms with van der Waals surface area (Å²) in [6.45, 7) is -0.529. The molecular formula is C9H11N3O5. The van der Waals surface area contributed by atoms with Gasteiger partial charge in [-0.05, 0) is 0 Å². The molecule has 0 aromatic heterocycles. The number of rotatable bonds is 3. The van der Waals surface area contributed by atoms with Gasteiger partial charge in [-0.1, -0.05) is 0 Å². The maximum Gasteiger partial charge on any atom is 0.332 e. The number of carbonyl (C=O) groups is 4. The van der Waals surface area contributed by atoms with Crippen LogP contribution in [0.5, 0.6) is 0 Å².